The van der Waals surface area contributed by atoms with Gasteiger partial charge < -0.3 is 0 Å². The van der Waals surface area contributed by atoms with E-state index < -0.39 is 0 Å². The van der Waals surface area contributed by atoms with Gasteiger partial charge in [-0.05, 0) is 46.5 Å². The molecule has 0 aliphatic carbocycles. The van der Waals surface area contributed by atoms with Crippen molar-refractivity contribution >= 4 is 60.3 Å². The van der Waals surface area contributed by atoms with Gasteiger partial charge in [0.05, 0.1) is 15.8 Å². The van der Waals surface area contributed by atoms with Gasteiger partial charge in [-0.15, -0.1) is 11.8 Å². The van der Waals surface area contributed by atoms with Gasteiger partial charge in [-0.25, -0.2) is 4.98 Å². The molecule has 0 spiro atoms. The van der Waals surface area contributed by atoms with E-state index in [9.17, 15) is 4.79 Å². The highest BCUT2D eigenvalue weighted by molar-refractivity contribution is 9.10. The Balaban J connectivity index is 1.92. The molecule has 3 rings (SSSR count). The SMILES string of the molecule is CSc1cccc2sc(NC(=O)c3ccccc3Br)nc12. The van der Waals surface area contributed by atoms with Crippen LogP contribution in [0.1, 0.15) is 10.4 Å². The standard InChI is InChI=1S/C15H11BrN2OS2/c1-20-11-7-4-8-12-13(11)17-15(21-12)18-14(19)9-5-2-3-6-10(9)16/h2-8H,1H3,(H,17,18,19). The molecule has 6 heteroatoms. The molecule has 0 saturated carbocycles. The predicted octanol–water partition coefficient (Wildman–Crippen LogP) is 5.03. The number of thioether (sulfide) groups is 1. The molecular formula is C15H11BrN2OS2. The van der Waals surface area contributed by atoms with Gasteiger partial charge in [0, 0.05) is 9.37 Å². The van der Waals surface area contributed by atoms with Crippen molar-refractivity contribution in [2.75, 3.05) is 11.6 Å². The number of thiazole rings is 1. The van der Waals surface area contributed by atoms with Crippen LogP contribution in [0.4, 0.5) is 5.13 Å². The largest absolute Gasteiger partial charge is 0.298 e. The van der Waals surface area contributed by atoms with Crippen molar-refractivity contribution in [3.05, 3.63) is 52.5 Å². The number of hydrogen-bond donors (Lipinski definition) is 1. The molecule has 21 heavy (non-hydrogen) atoms. The summed E-state index contributed by atoms with van der Waals surface area (Å²) in [5.74, 6) is -0.160. The van der Waals surface area contributed by atoms with Crippen molar-refractivity contribution in [2.45, 2.75) is 4.90 Å². The summed E-state index contributed by atoms with van der Waals surface area (Å²) in [4.78, 5) is 17.9. The van der Waals surface area contributed by atoms with Gasteiger partial charge in [0.2, 0.25) is 0 Å². The second-order valence-corrected chi connectivity index (χ2v) is 6.99. The highest BCUT2D eigenvalue weighted by Crippen LogP contribution is 2.32. The van der Waals surface area contributed by atoms with Crippen LogP contribution >= 0.6 is 39.0 Å². The van der Waals surface area contributed by atoms with E-state index in [1.54, 1.807) is 17.8 Å². The van der Waals surface area contributed by atoms with E-state index in [1.165, 1.54) is 11.3 Å². The molecule has 2 aromatic carbocycles. The summed E-state index contributed by atoms with van der Waals surface area (Å²) >= 11 is 6.52. The smallest absolute Gasteiger partial charge is 0.258 e. The van der Waals surface area contributed by atoms with E-state index in [1.807, 2.05) is 42.7 Å². The molecule has 0 atom stereocenters. The van der Waals surface area contributed by atoms with Crippen LogP contribution in [-0.4, -0.2) is 17.1 Å². The lowest BCUT2D eigenvalue weighted by molar-refractivity contribution is 0.102. The van der Waals surface area contributed by atoms with E-state index >= 15 is 0 Å². The van der Waals surface area contributed by atoms with E-state index in [0.29, 0.717) is 10.7 Å². The first kappa shape index (κ1) is 14.6. The van der Waals surface area contributed by atoms with Crippen LogP contribution in [0.5, 0.6) is 0 Å². The average molecular weight is 379 g/mol. The number of rotatable bonds is 3. The van der Waals surface area contributed by atoms with Crippen LogP contribution in [-0.2, 0) is 0 Å². The van der Waals surface area contributed by atoms with Gasteiger partial charge in [0.1, 0.15) is 0 Å². The third kappa shape index (κ3) is 2.97. The van der Waals surface area contributed by atoms with Crippen LogP contribution in [0.15, 0.2) is 51.8 Å². The fraction of sp³-hybridized carbons (Fsp3) is 0.0667. The first-order chi connectivity index (χ1) is 10.2. The maximum Gasteiger partial charge on any atom is 0.258 e. The minimum Gasteiger partial charge on any atom is -0.298 e. The summed E-state index contributed by atoms with van der Waals surface area (Å²) in [6, 6.07) is 13.4. The number of halogens is 1. The summed E-state index contributed by atoms with van der Waals surface area (Å²) in [7, 11) is 0. The summed E-state index contributed by atoms with van der Waals surface area (Å²) < 4.78 is 1.85. The average Bonchev–Trinajstić information content (AvgIpc) is 2.89. The van der Waals surface area contributed by atoms with Gasteiger partial charge in [-0.2, -0.15) is 0 Å². The Morgan fingerprint density at radius 1 is 1.24 bits per heavy atom. The zero-order valence-electron chi connectivity index (χ0n) is 11.1. The summed E-state index contributed by atoms with van der Waals surface area (Å²) in [6.07, 6.45) is 2.02. The Kier molecular flexibility index (Phi) is 4.28. The first-order valence-electron chi connectivity index (χ1n) is 6.18. The number of hydrogen-bond acceptors (Lipinski definition) is 4. The fourth-order valence-corrected chi connectivity index (χ4v) is 3.93. The molecule has 0 fully saturated rings. The molecule has 0 aliphatic rings. The van der Waals surface area contributed by atoms with Gasteiger partial charge in [0.25, 0.3) is 5.91 Å². The lowest BCUT2D eigenvalue weighted by atomic mass is 10.2. The predicted molar refractivity (Wildman–Crippen MR) is 93.5 cm³/mol. The number of aromatic nitrogens is 1. The monoisotopic (exact) mass is 378 g/mol. The van der Waals surface area contributed by atoms with Crippen molar-refractivity contribution in [3.8, 4) is 0 Å². The number of carbonyl (C=O) groups excluding carboxylic acids is 1. The van der Waals surface area contributed by atoms with Crippen LogP contribution in [0.3, 0.4) is 0 Å². The molecule has 1 amide bonds. The molecule has 0 aliphatic heterocycles. The Labute approximate surface area is 138 Å². The molecule has 0 unspecified atom stereocenters. The van der Waals surface area contributed by atoms with Gasteiger partial charge in [-0.3, -0.25) is 10.1 Å². The highest BCUT2D eigenvalue weighted by Gasteiger charge is 2.13. The number of para-hydroxylation sites is 1. The van der Waals surface area contributed by atoms with E-state index in [0.717, 1.165) is 19.6 Å². The Morgan fingerprint density at radius 3 is 2.81 bits per heavy atom. The molecule has 1 aromatic heterocycles. The Hall–Kier alpha value is -1.37. The second kappa shape index (κ2) is 6.17. The number of fused-ring (bicyclic) bond motifs is 1. The van der Waals surface area contributed by atoms with E-state index in [2.05, 4.69) is 26.2 Å². The topological polar surface area (TPSA) is 42.0 Å². The van der Waals surface area contributed by atoms with Gasteiger partial charge in [-0.1, -0.05) is 29.5 Å². The van der Waals surface area contributed by atoms with Crippen molar-refractivity contribution in [3.63, 3.8) is 0 Å². The van der Waals surface area contributed by atoms with Crippen LogP contribution in [0.2, 0.25) is 0 Å². The van der Waals surface area contributed by atoms with Gasteiger partial charge >= 0.3 is 0 Å². The Morgan fingerprint density at radius 2 is 2.05 bits per heavy atom. The van der Waals surface area contributed by atoms with Crippen molar-refractivity contribution in [2.24, 2.45) is 0 Å². The number of nitrogens with zero attached hydrogens (tertiary/aromatic N) is 1. The number of nitrogens with one attached hydrogen (secondary N) is 1. The molecular weight excluding hydrogens is 368 g/mol. The fourth-order valence-electron chi connectivity index (χ4n) is 1.95. The molecule has 106 valence electrons. The summed E-state index contributed by atoms with van der Waals surface area (Å²) in [6.45, 7) is 0. The van der Waals surface area contributed by atoms with Crippen molar-refractivity contribution in [1.29, 1.82) is 0 Å². The molecule has 1 N–H and O–H groups in total. The van der Waals surface area contributed by atoms with Crippen LogP contribution in [0.25, 0.3) is 10.2 Å². The third-order valence-corrected chi connectivity index (χ3v) is 5.34. The second-order valence-electron chi connectivity index (χ2n) is 4.26. The number of amides is 1. The van der Waals surface area contributed by atoms with Gasteiger partial charge in [0.15, 0.2) is 5.13 Å². The number of anilines is 1. The first-order valence-corrected chi connectivity index (χ1v) is 9.02. The molecule has 3 nitrogen and oxygen atoms in total. The molecule has 3 aromatic rings. The maximum absolute atomic E-state index is 12.3. The zero-order valence-corrected chi connectivity index (χ0v) is 14.3. The third-order valence-electron chi connectivity index (χ3n) is 2.94. The van der Waals surface area contributed by atoms with Crippen LogP contribution in [0, 0.1) is 0 Å². The number of carbonyl (C=O) groups is 1. The van der Waals surface area contributed by atoms with E-state index in [-0.39, 0.29) is 5.91 Å². The zero-order chi connectivity index (χ0) is 14.8. The maximum atomic E-state index is 12.3. The van der Waals surface area contributed by atoms with Crippen LogP contribution < -0.4 is 5.32 Å². The molecule has 0 radical (unpaired) electrons. The quantitative estimate of drug-likeness (QED) is 0.649. The number of benzene rings is 2. The summed E-state index contributed by atoms with van der Waals surface area (Å²) in [5, 5.41) is 3.49. The lowest BCUT2D eigenvalue weighted by Crippen LogP contribution is -2.12. The minimum atomic E-state index is -0.160. The van der Waals surface area contributed by atoms with Crippen molar-refractivity contribution in [1.82, 2.24) is 4.98 Å². The molecule has 0 saturated heterocycles. The normalized spacial score (nSPS) is 10.8. The Bertz CT molecular complexity index is 816. The minimum absolute atomic E-state index is 0.160. The summed E-state index contributed by atoms with van der Waals surface area (Å²) in [5.41, 5.74) is 1.54. The van der Waals surface area contributed by atoms with Crippen molar-refractivity contribution < 1.29 is 4.79 Å². The lowest BCUT2D eigenvalue weighted by Gasteiger charge is -2.03. The highest BCUT2D eigenvalue weighted by atomic mass is 79.9. The molecule has 0 bridgehead atoms. The molecule has 1 heterocycles. The van der Waals surface area contributed by atoms with E-state index in [4.69, 9.17) is 0 Å².